The summed E-state index contributed by atoms with van der Waals surface area (Å²) in [5, 5.41) is 10.8. The molecule has 1 unspecified atom stereocenters. The van der Waals surface area contributed by atoms with Gasteiger partial charge in [-0.15, -0.1) is 12.4 Å². The molecule has 0 spiro atoms. The van der Waals surface area contributed by atoms with Crippen LogP contribution in [0.4, 0.5) is 0 Å². The summed E-state index contributed by atoms with van der Waals surface area (Å²) in [6, 6.07) is 11.9. The second kappa shape index (κ2) is 9.09. The van der Waals surface area contributed by atoms with Gasteiger partial charge in [0.15, 0.2) is 0 Å². The van der Waals surface area contributed by atoms with Crippen molar-refractivity contribution >= 4 is 46.5 Å². The summed E-state index contributed by atoms with van der Waals surface area (Å²) in [4.78, 5) is 0. The van der Waals surface area contributed by atoms with Crippen molar-refractivity contribution in [2.75, 3.05) is 13.1 Å². The summed E-state index contributed by atoms with van der Waals surface area (Å²) in [6.45, 7) is 6.39. The van der Waals surface area contributed by atoms with Crippen LogP contribution in [-0.4, -0.2) is 22.9 Å². The molecule has 1 aromatic heterocycles. The molecule has 26 heavy (non-hydrogen) atoms. The predicted molar refractivity (Wildman–Crippen MR) is 115 cm³/mol. The van der Waals surface area contributed by atoms with Crippen LogP contribution in [0.15, 0.2) is 36.4 Å². The molecule has 0 aliphatic rings. The van der Waals surface area contributed by atoms with Crippen LogP contribution >= 0.6 is 35.6 Å². The van der Waals surface area contributed by atoms with Crippen LogP contribution in [-0.2, 0) is 7.05 Å². The Kier molecular flexibility index (Phi) is 7.36. The lowest BCUT2D eigenvalue weighted by Gasteiger charge is -2.13. The lowest BCUT2D eigenvalue weighted by Crippen LogP contribution is -2.22. The van der Waals surface area contributed by atoms with Crippen molar-refractivity contribution in [2.24, 2.45) is 7.05 Å². The fourth-order valence-corrected chi connectivity index (χ4v) is 3.85. The Labute approximate surface area is 171 Å². The molecular formula is C20H24Cl3N3. The molecule has 0 saturated heterocycles. The summed E-state index contributed by atoms with van der Waals surface area (Å²) in [7, 11) is 2.01. The van der Waals surface area contributed by atoms with Gasteiger partial charge in [0.05, 0.1) is 5.69 Å². The quantitative estimate of drug-likeness (QED) is 0.498. The Hall–Kier alpha value is -1.26. The first-order valence-corrected chi connectivity index (χ1v) is 9.40. The van der Waals surface area contributed by atoms with Crippen molar-refractivity contribution in [3.8, 4) is 11.1 Å². The largest absolute Gasteiger partial charge is 0.316 e. The fraction of sp³-hybridized carbons (Fsp3) is 0.350. The van der Waals surface area contributed by atoms with Gasteiger partial charge in [0.2, 0.25) is 0 Å². The zero-order chi connectivity index (χ0) is 18.0. The molecule has 1 atom stereocenters. The third kappa shape index (κ3) is 4.17. The summed E-state index contributed by atoms with van der Waals surface area (Å²) < 4.78 is 2.00. The van der Waals surface area contributed by atoms with Crippen LogP contribution < -0.4 is 5.32 Å². The monoisotopic (exact) mass is 411 g/mol. The molecular weight excluding hydrogens is 389 g/mol. The highest BCUT2D eigenvalue weighted by molar-refractivity contribution is 6.36. The van der Waals surface area contributed by atoms with Crippen LogP contribution in [0.5, 0.6) is 0 Å². The molecule has 0 aliphatic heterocycles. The number of hydrogen-bond acceptors (Lipinski definition) is 2. The third-order valence-corrected chi connectivity index (χ3v) is 5.02. The highest BCUT2D eigenvalue weighted by atomic mass is 35.5. The van der Waals surface area contributed by atoms with Gasteiger partial charge in [0, 0.05) is 46.1 Å². The van der Waals surface area contributed by atoms with Crippen LogP contribution in [0.3, 0.4) is 0 Å². The number of nitrogens with zero attached hydrogens (tertiary/aromatic N) is 2. The van der Waals surface area contributed by atoms with Gasteiger partial charge in [-0.3, -0.25) is 4.68 Å². The number of aryl methyl sites for hydroxylation is 1. The molecule has 3 rings (SSSR count). The molecule has 0 fully saturated rings. The molecule has 1 heterocycles. The van der Waals surface area contributed by atoms with Crippen LogP contribution in [0, 0.1) is 0 Å². The van der Waals surface area contributed by atoms with E-state index in [1.54, 1.807) is 6.07 Å². The molecule has 3 aromatic rings. The number of halogens is 3. The van der Waals surface area contributed by atoms with E-state index >= 15 is 0 Å². The minimum absolute atomic E-state index is 0. The Bertz CT molecular complexity index is 889. The molecule has 3 nitrogen and oxygen atoms in total. The van der Waals surface area contributed by atoms with E-state index in [0.29, 0.717) is 16.0 Å². The smallest absolute Gasteiger partial charge is 0.100 e. The number of rotatable bonds is 6. The first-order chi connectivity index (χ1) is 12.0. The highest BCUT2D eigenvalue weighted by Crippen LogP contribution is 2.36. The first-order valence-electron chi connectivity index (χ1n) is 8.64. The summed E-state index contributed by atoms with van der Waals surface area (Å²) in [5.74, 6) is 0.373. The predicted octanol–water partition coefficient (Wildman–Crippen LogP) is 6.07. The van der Waals surface area contributed by atoms with E-state index in [4.69, 9.17) is 28.3 Å². The summed E-state index contributed by atoms with van der Waals surface area (Å²) in [6.07, 6.45) is 1.14. The van der Waals surface area contributed by atoms with Gasteiger partial charge >= 0.3 is 0 Å². The molecule has 0 aliphatic carbocycles. The van der Waals surface area contributed by atoms with E-state index in [9.17, 15) is 0 Å². The molecule has 2 aromatic carbocycles. The zero-order valence-corrected chi connectivity index (χ0v) is 17.5. The molecule has 0 saturated carbocycles. The number of hydrogen-bond donors (Lipinski definition) is 1. The van der Waals surface area contributed by atoms with Crippen molar-refractivity contribution in [1.29, 1.82) is 0 Å². The minimum atomic E-state index is 0. The second-order valence-corrected chi connectivity index (χ2v) is 7.28. The maximum absolute atomic E-state index is 6.43. The van der Waals surface area contributed by atoms with Crippen molar-refractivity contribution in [3.63, 3.8) is 0 Å². The van der Waals surface area contributed by atoms with E-state index in [2.05, 4.69) is 37.4 Å². The average molecular weight is 413 g/mol. The summed E-state index contributed by atoms with van der Waals surface area (Å²) in [5.41, 5.74) is 4.21. The number of nitrogens with one attached hydrogen (secondary N) is 1. The molecule has 1 N–H and O–H groups in total. The van der Waals surface area contributed by atoms with Gasteiger partial charge in [-0.1, -0.05) is 61.3 Å². The molecule has 140 valence electrons. The molecule has 0 amide bonds. The van der Waals surface area contributed by atoms with Gasteiger partial charge in [-0.2, -0.15) is 5.10 Å². The van der Waals surface area contributed by atoms with Crippen molar-refractivity contribution in [3.05, 3.63) is 52.1 Å². The lowest BCUT2D eigenvalue weighted by molar-refractivity contribution is 0.573. The van der Waals surface area contributed by atoms with E-state index < -0.39 is 0 Å². The van der Waals surface area contributed by atoms with Gasteiger partial charge < -0.3 is 5.32 Å². The fourth-order valence-electron chi connectivity index (χ4n) is 3.34. The normalized spacial score (nSPS) is 12.2. The topological polar surface area (TPSA) is 29.9 Å². The Morgan fingerprint density at radius 2 is 1.92 bits per heavy atom. The van der Waals surface area contributed by atoms with Crippen molar-refractivity contribution < 1.29 is 0 Å². The van der Waals surface area contributed by atoms with Crippen LogP contribution in [0.25, 0.3) is 22.0 Å². The average Bonchev–Trinajstić information content (AvgIpc) is 2.91. The van der Waals surface area contributed by atoms with Gasteiger partial charge in [0.1, 0.15) is 5.52 Å². The molecule has 0 radical (unpaired) electrons. The molecule has 6 heteroatoms. The zero-order valence-electron chi connectivity index (χ0n) is 15.2. The summed E-state index contributed by atoms with van der Waals surface area (Å²) >= 11 is 12.5. The molecule has 0 bridgehead atoms. The van der Waals surface area contributed by atoms with E-state index in [0.717, 1.165) is 36.2 Å². The van der Waals surface area contributed by atoms with Crippen molar-refractivity contribution in [2.45, 2.75) is 26.2 Å². The highest BCUT2D eigenvalue weighted by Gasteiger charge is 2.18. The maximum atomic E-state index is 6.43. The van der Waals surface area contributed by atoms with E-state index in [-0.39, 0.29) is 12.4 Å². The van der Waals surface area contributed by atoms with Gasteiger partial charge in [-0.25, -0.2) is 0 Å². The second-order valence-electron chi connectivity index (χ2n) is 6.44. The van der Waals surface area contributed by atoms with E-state index in [1.165, 1.54) is 11.1 Å². The maximum Gasteiger partial charge on any atom is 0.100 e. The third-order valence-electron chi connectivity index (χ3n) is 4.48. The van der Waals surface area contributed by atoms with Gasteiger partial charge in [-0.05, 0) is 25.1 Å². The lowest BCUT2D eigenvalue weighted by atomic mass is 9.98. The SMILES string of the molecule is CCCNCC(C)c1c2cccc(-c3ccc(Cl)cc3Cl)c2nn1C.Cl. The Morgan fingerprint density at radius 3 is 2.62 bits per heavy atom. The van der Waals surface area contributed by atoms with Crippen molar-refractivity contribution in [1.82, 2.24) is 15.1 Å². The van der Waals surface area contributed by atoms with Crippen LogP contribution in [0.1, 0.15) is 31.9 Å². The number of fused-ring (bicyclic) bond motifs is 1. The number of aromatic nitrogens is 2. The first kappa shape index (κ1) is 21.0. The van der Waals surface area contributed by atoms with E-state index in [1.807, 2.05) is 23.9 Å². The minimum Gasteiger partial charge on any atom is -0.316 e. The van der Waals surface area contributed by atoms with Crippen LogP contribution in [0.2, 0.25) is 10.0 Å². The standard InChI is InChI=1S/C20H23Cl2N3.ClH/c1-4-10-23-12-13(2)20-17-7-5-6-16(19(17)24-25(20)3)15-9-8-14(21)11-18(15)22;/h5-9,11,13,23H,4,10,12H2,1-3H3;1H. The number of benzene rings is 2. The Balaban J connectivity index is 0.00000243. The Morgan fingerprint density at radius 1 is 1.15 bits per heavy atom. The van der Waals surface area contributed by atoms with Gasteiger partial charge in [0.25, 0.3) is 0 Å².